The lowest BCUT2D eigenvalue weighted by Crippen LogP contribution is -2.46. The summed E-state index contributed by atoms with van der Waals surface area (Å²) in [6.07, 6.45) is 2.26. The van der Waals surface area contributed by atoms with E-state index in [0.29, 0.717) is 32.5 Å². The van der Waals surface area contributed by atoms with Gasteiger partial charge in [0.05, 0.1) is 18.2 Å². The highest BCUT2D eigenvalue weighted by atomic mass is 16.3. The maximum atomic E-state index is 12.1. The first-order valence-corrected chi connectivity index (χ1v) is 8.92. The van der Waals surface area contributed by atoms with Crippen molar-refractivity contribution in [2.75, 3.05) is 47.3 Å². The molecule has 0 aliphatic rings. The van der Waals surface area contributed by atoms with Gasteiger partial charge in [0, 0.05) is 19.6 Å². The molecule has 148 valence electrons. The first kappa shape index (κ1) is 23.7. The molecule has 0 aliphatic heterocycles. The molecule has 0 spiro atoms. The van der Waals surface area contributed by atoms with Gasteiger partial charge in [-0.3, -0.25) is 9.59 Å². The molecule has 0 saturated carbocycles. The molecule has 0 aromatic heterocycles. The molecule has 0 heterocycles. The molecule has 25 heavy (non-hydrogen) atoms. The number of nitrogens with one attached hydrogen (secondary N) is 5. The molecule has 0 bridgehead atoms. The van der Waals surface area contributed by atoms with Crippen LogP contribution >= 0.6 is 0 Å². The van der Waals surface area contributed by atoms with Gasteiger partial charge in [-0.05, 0) is 53.4 Å². The summed E-state index contributed by atoms with van der Waals surface area (Å²) in [4.78, 5) is 24.0. The van der Waals surface area contributed by atoms with Gasteiger partial charge in [0.1, 0.15) is 0 Å². The van der Waals surface area contributed by atoms with Gasteiger partial charge in [-0.1, -0.05) is 0 Å². The minimum Gasteiger partial charge on any atom is -0.390 e. The summed E-state index contributed by atoms with van der Waals surface area (Å²) in [5, 5.41) is 24.0. The van der Waals surface area contributed by atoms with Crippen molar-refractivity contribution in [2.24, 2.45) is 5.73 Å². The maximum Gasteiger partial charge on any atom is 0.237 e. The number of nitrogens with two attached hydrogens (primary N) is 1. The van der Waals surface area contributed by atoms with Crippen molar-refractivity contribution >= 4 is 11.8 Å². The van der Waals surface area contributed by atoms with Crippen LogP contribution in [0, 0.1) is 0 Å². The molecular weight excluding hydrogens is 324 g/mol. The van der Waals surface area contributed by atoms with E-state index in [-0.39, 0.29) is 30.4 Å². The Morgan fingerprint density at radius 1 is 0.920 bits per heavy atom. The van der Waals surface area contributed by atoms with Crippen LogP contribution in [0.15, 0.2) is 0 Å². The van der Waals surface area contributed by atoms with Crippen LogP contribution in [0.1, 0.15) is 25.7 Å². The summed E-state index contributed by atoms with van der Waals surface area (Å²) < 4.78 is 0. The molecule has 0 aliphatic carbocycles. The van der Waals surface area contributed by atoms with Crippen molar-refractivity contribution in [3.05, 3.63) is 0 Å². The molecule has 0 rings (SSSR count). The lowest BCUT2D eigenvalue weighted by atomic mass is 10.1. The summed E-state index contributed by atoms with van der Waals surface area (Å²) in [6.45, 7) is 1.68. The third kappa shape index (κ3) is 11.1. The summed E-state index contributed by atoms with van der Waals surface area (Å²) in [7, 11) is 5.22. The highest BCUT2D eigenvalue weighted by Crippen LogP contribution is 2.01. The Balaban J connectivity index is 3.96. The number of carbonyl (C=O) groups is 2. The second-order valence-electron chi connectivity index (χ2n) is 6.00. The Bertz CT molecular complexity index is 370. The topological polar surface area (TPSA) is 141 Å². The Morgan fingerprint density at radius 2 is 1.52 bits per heavy atom. The molecule has 0 aromatic rings. The van der Waals surface area contributed by atoms with Gasteiger partial charge >= 0.3 is 0 Å². The van der Waals surface area contributed by atoms with Gasteiger partial charge in [0.2, 0.25) is 11.8 Å². The Labute approximate surface area is 150 Å². The number of aliphatic hydroxyl groups is 1. The monoisotopic (exact) mass is 360 g/mol. The van der Waals surface area contributed by atoms with Gasteiger partial charge < -0.3 is 37.4 Å². The van der Waals surface area contributed by atoms with Crippen molar-refractivity contribution in [3.63, 3.8) is 0 Å². The number of aliphatic hydroxyl groups excluding tert-OH is 1. The Kier molecular flexibility index (Phi) is 14.3. The molecule has 8 N–H and O–H groups in total. The van der Waals surface area contributed by atoms with Gasteiger partial charge in [0.15, 0.2) is 0 Å². The highest BCUT2D eigenvalue weighted by Gasteiger charge is 2.17. The molecular formula is C16H36N6O3. The number of unbranched alkanes of at least 4 members (excludes halogenated alkanes) is 1. The minimum atomic E-state index is -0.602. The number of likely N-dealkylation sites (N-methyl/N-ethyl adjacent to an activating group) is 3. The van der Waals surface area contributed by atoms with Crippen LogP contribution in [0.5, 0.6) is 0 Å². The number of amides is 2. The number of rotatable bonds is 15. The highest BCUT2D eigenvalue weighted by molar-refractivity contribution is 5.82. The van der Waals surface area contributed by atoms with Crippen LogP contribution in [0.25, 0.3) is 0 Å². The van der Waals surface area contributed by atoms with Crippen molar-refractivity contribution in [3.8, 4) is 0 Å². The molecule has 9 heteroatoms. The molecule has 1 unspecified atom stereocenters. The summed E-state index contributed by atoms with van der Waals surface area (Å²) in [6, 6.07) is -0.565. The SMILES string of the molecule is CNCC(O)CNC(=O)[C@H](CCCCNC(=O)[C@H](CCN)NC)NC. The molecule has 2 amide bonds. The van der Waals surface area contributed by atoms with Crippen LogP contribution in [0.2, 0.25) is 0 Å². The van der Waals surface area contributed by atoms with Crippen LogP contribution in [0.3, 0.4) is 0 Å². The second kappa shape index (κ2) is 15.0. The summed E-state index contributed by atoms with van der Waals surface area (Å²) >= 11 is 0. The summed E-state index contributed by atoms with van der Waals surface area (Å²) in [5.74, 6) is -0.172. The van der Waals surface area contributed by atoms with Crippen LogP contribution in [-0.2, 0) is 9.59 Å². The average Bonchev–Trinajstić information content (AvgIpc) is 2.60. The largest absolute Gasteiger partial charge is 0.390 e. The maximum absolute atomic E-state index is 12.1. The third-order valence-corrected chi connectivity index (χ3v) is 3.96. The number of hydrogen-bond acceptors (Lipinski definition) is 7. The fourth-order valence-electron chi connectivity index (χ4n) is 2.44. The zero-order valence-corrected chi connectivity index (χ0v) is 15.7. The molecule has 3 atom stereocenters. The van der Waals surface area contributed by atoms with E-state index in [2.05, 4.69) is 26.6 Å². The van der Waals surface area contributed by atoms with E-state index in [1.165, 1.54) is 0 Å². The van der Waals surface area contributed by atoms with Gasteiger partial charge in [0.25, 0.3) is 0 Å². The van der Waals surface area contributed by atoms with E-state index in [4.69, 9.17) is 5.73 Å². The van der Waals surface area contributed by atoms with E-state index < -0.39 is 6.10 Å². The molecule has 9 nitrogen and oxygen atoms in total. The number of carbonyl (C=O) groups excluding carboxylic acids is 2. The van der Waals surface area contributed by atoms with Crippen LogP contribution in [-0.4, -0.2) is 82.4 Å². The lowest BCUT2D eigenvalue weighted by molar-refractivity contribution is -0.124. The smallest absolute Gasteiger partial charge is 0.237 e. The van der Waals surface area contributed by atoms with E-state index in [1.54, 1.807) is 21.1 Å². The molecule has 0 aromatic carbocycles. The number of hydrogen-bond donors (Lipinski definition) is 7. The van der Waals surface area contributed by atoms with Crippen LogP contribution in [0.4, 0.5) is 0 Å². The first-order valence-electron chi connectivity index (χ1n) is 8.92. The zero-order valence-electron chi connectivity index (χ0n) is 15.7. The van der Waals surface area contributed by atoms with Crippen molar-refractivity contribution in [1.82, 2.24) is 26.6 Å². The lowest BCUT2D eigenvalue weighted by Gasteiger charge is -2.18. The van der Waals surface area contributed by atoms with E-state index in [9.17, 15) is 14.7 Å². The van der Waals surface area contributed by atoms with Crippen LogP contribution < -0.4 is 32.3 Å². The fourth-order valence-corrected chi connectivity index (χ4v) is 2.44. The van der Waals surface area contributed by atoms with E-state index in [1.807, 2.05) is 0 Å². The molecule has 0 saturated heterocycles. The minimum absolute atomic E-state index is 0.0469. The molecule has 0 radical (unpaired) electrons. The zero-order chi connectivity index (χ0) is 19.1. The van der Waals surface area contributed by atoms with Crippen molar-refractivity contribution in [1.29, 1.82) is 0 Å². The van der Waals surface area contributed by atoms with E-state index >= 15 is 0 Å². The van der Waals surface area contributed by atoms with Crippen molar-refractivity contribution in [2.45, 2.75) is 43.9 Å². The van der Waals surface area contributed by atoms with Gasteiger partial charge in [-0.2, -0.15) is 0 Å². The van der Waals surface area contributed by atoms with Crippen molar-refractivity contribution < 1.29 is 14.7 Å². The van der Waals surface area contributed by atoms with Gasteiger partial charge in [-0.25, -0.2) is 0 Å². The Morgan fingerprint density at radius 3 is 2.08 bits per heavy atom. The normalized spacial score (nSPS) is 14.6. The summed E-state index contributed by atoms with van der Waals surface area (Å²) in [5.41, 5.74) is 5.47. The quantitative estimate of drug-likeness (QED) is 0.160. The van der Waals surface area contributed by atoms with Gasteiger partial charge in [-0.15, -0.1) is 0 Å². The second-order valence-corrected chi connectivity index (χ2v) is 6.00. The van der Waals surface area contributed by atoms with E-state index in [0.717, 1.165) is 12.8 Å². The fraction of sp³-hybridized carbons (Fsp3) is 0.875. The third-order valence-electron chi connectivity index (χ3n) is 3.96. The Hall–Kier alpha value is -1.26. The predicted molar refractivity (Wildman–Crippen MR) is 99.2 cm³/mol. The first-order chi connectivity index (χ1) is 12.0. The predicted octanol–water partition coefficient (Wildman–Crippen LogP) is -2.51. The molecule has 0 fully saturated rings. The average molecular weight is 361 g/mol. The standard InChI is InChI=1S/C16H36N6O3/c1-18-10-12(23)11-22-16(25)13(19-2)6-4-5-9-21-15(24)14(20-3)7-8-17/h12-14,18-20,23H,4-11,17H2,1-3H3,(H,21,24)(H,22,25)/t12?,13-,14-/m0/s1.